The van der Waals surface area contributed by atoms with Crippen molar-refractivity contribution in [1.82, 2.24) is 14.4 Å². The van der Waals surface area contributed by atoms with Gasteiger partial charge in [-0.25, -0.2) is 4.79 Å². The first kappa shape index (κ1) is 28.7. The molecule has 41 heavy (non-hydrogen) atoms. The van der Waals surface area contributed by atoms with Crippen LogP contribution in [0.2, 0.25) is 0 Å². The van der Waals surface area contributed by atoms with Crippen LogP contribution in [0.1, 0.15) is 42.4 Å². The third kappa shape index (κ3) is 6.57. The summed E-state index contributed by atoms with van der Waals surface area (Å²) in [5.41, 5.74) is 4.96. The minimum absolute atomic E-state index is 0.0366. The molecule has 5 rings (SSSR count). The number of aryl methyl sites for hydroxylation is 1. The van der Waals surface area contributed by atoms with Gasteiger partial charge >= 0.3 is 6.09 Å². The van der Waals surface area contributed by atoms with E-state index >= 15 is 0 Å². The van der Waals surface area contributed by atoms with Gasteiger partial charge in [0.05, 0.1) is 17.3 Å². The van der Waals surface area contributed by atoms with E-state index in [2.05, 4.69) is 44.8 Å². The zero-order chi connectivity index (χ0) is 29.1. The highest BCUT2D eigenvalue weighted by atomic mass is 79.9. The molecule has 0 N–H and O–H groups in total. The Morgan fingerprint density at radius 2 is 1.59 bits per heavy atom. The van der Waals surface area contributed by atoms with E-state index in [1.165, 1.54) is 0 Å². The number of piperazine rings is 1. The van der Waals surface area contributed by atoms with Crippen molar-refractivity contribution in [2.24, 2.45) is 0 Å². The summed E-state index contributed by atoms with van der Waals surface area (Å²) in [4.78, 5) is 31.2. The molecule has 1 fully saturated rings. The predicted octanol–water partition coefficient (Wildman–Crippen LogP) is 7.52. The summed E-state index contributed by atoms with van der Waals surface area (Å²) >= 11 is 3.61. The minimum atomic E-state index is -0.587. The average Bonchev–Trinajstić information content (AvgIpc) is 3.30. The van der Waals surface area contributed by atoms with Gasteiger partial charge in [0.15, 0.2) is 0 Å². The number of aromatic nitrogens is 1. The van der Waals surface area contributed by atoms with E-state index in [1.54, 1.807) is 4.90 Å². The number of rotatable bonds is 5. The number of benzene rings is 3. The topological polar surface area (TPSA) is 54.8 Å². The van der Waals surface area contributed by atoms with Crippen LogP contribution < -0.4 is 0 Å². The molecule has 1 atom stereocenters. The van der Waals surface area contributed by atoms with Gasteiger partial charge < -0.3 is 19.1 Å². The van der Waals surface area contributed by atoms with Gasteiger partial charge in [0.25, 0.3) is 5.91 Å². The Labute approximate surface area is 250 Å². The highest BCUT2D eigenvalue weighted by Crippen LogP contribution is 2.33. The average molecular weight is 615 g/mol. The number of ether oxygens (including phenoxy) is 1. The van der Waals surface area contributed by atoms with E-state index in [4.69, 9.17) is 4.74 Å². The highest BCUT2D eigenvalue weighted by Gasteiger charge is 2.36. The molecule has 212 valence electrons. The fourth-order valence-corrected chi connectivity index (χ4v) is 5.85. The van der Waals surface area contributed by atoms with E-state index < -0.39 is 5.60 Å². The molecule has 1 saturated heterocycles. The maximum atomic E-state index is 14.5. The summed E-state index contributed by atoms with van der Waals surface area (Å²) in [5.74, 6) is -0.0366. The summed E-state index contributed by atoms with van der Waals surface area (Å²) in [7, 11) is 0. The monoisotopic (exact) mass is 613 g/mol. The lowest BCUT2D eigenvalue weighted by atomic mass is 10.00. The summed E-state index contributed by atoms with van der Waals surface area (Å²) in [5, 5.41) is 0. The first-order valence-electron chi connectivity index (χ1n) is 14.0. The standard InChI is InChI=1S/C34H36BrN3O3/c1-24-20-30(31(26-14-9-6-10-15-26)38(24)28-17-11-16-27(35)22-28)32(39)37-19-18-36(33(40)41-34(2,3)4)23-29(37)21-25-12-7-5-8-13-25/h5-17,20,22,29H,18-19,21,23H2,1-4H3/t29-/m1/s1. The molecule has 1 aliphatic heterocycles. The van der Waals surface area contributed by atoms with Crippen molar-refractivity contribution in [2.45, 2.75) is 45.8 Å². The molecule has 7 heteroatoms. The van der Waals surface area contributed by atoms with Gasteiger partial charge in [-0.2, -0.15) is 0 Å². The Bertz CT molecular complexity index is 1530. The molecule has 6 nitrogen and oxygen atoms in total. The lowest BCUT2D eigenvalue weighted by Gasteiger charge is -2.42. The van der Waals surface area contributed by atoms with Gasteiger partial charge in [-0.15, -0.1) is 0 Å². The molecule has 3 aromatic carbocycles. The summed E-state index contributed by atoms with van der Waals surface area (Å²) < 4.78 is 8.81. The van der Waals surface area contributed by atoms with Gasteiger partial charge in [-0.05, 0) is 69.5 Å². The second-order valence-corrected chi connectivity index (χ2v) is 12.4. The Balaban J connectivity index is 1.55. The van der Waals surface area contributed by atoms with Gasteiger partial charge in [-0.1, -0.05) is 82.7 Å². The molecule has 0 saturated carbocycles. The number of amides is 2. The number of halogens is 1. The first-order chi connectivity index (χ1) is 19.6. The molecular formula is C34H36BrN3O3. The molecule has 1 aliphatic rings. The molecule has 0 aliphatic carbocycles. The third-order valence-corrected chi connectivity index (χ3v) is 7.73. The van der Waals surface area contributed by atoms with E-state index in [0.717, 1.165) is 32.7 Å². The normalized spacial score (nSPS) is 15.6. The van der Waals surface area contributed by atoms with Crippen LogP contribution in [-0.2, 0) is 11.2 Å². The van der Waals surface area contributed by atoms with Gasteiger partial charge in [0.1, 0.15) is 5.60 Å². The minimum Gasteiger partial charge on any atom is -0.444 e. The molecule has 0 unspecified atom stereocenters. The largest absolute Gasteiger partial charge is 0.444 e. The van der Waals surface area contributed by atoms with Crippen LogP contribution in [0, 0.1) is 6.92 Å². The summed E-state index contributed by atoms with van der Waals surface area (Å²) in [6.45, 7) is 8.89. The number of hydrogen-bond acceptors (Lipinski definition) is 3. The molecule has 0 bridgehead atoms. The molecule has 2 heterocycles. The maximum Gasteiger partial charge on any atom is 0.410 e. The summed E-state index contributed by atoms with van der Waals surface area (Å²) in [6, 6.07) is 30.1. The number of hydrogen-bond donors (Lipinski definition) is 0. The third-order valence-electron chi connectivity index (χ3n) is 7.24. The smallest absolute Gasteiger partial charge is 0.410 e. The molecule has 0 spiro atoms. The van der Waals surface area contributed by atoms with Crippen molar-refractivity contribution < 1.29 is 14.3 Å². The second kappa shape index (κ2) is 12.0. The van der Waals surface area contributed by atoms with Crippen LogP contribution in [0.15, 0.2) is 95.5 Å². The number of nitrogens with zero attached hydrogens (tertiary/aromatic N) is 3. The lowest BCUT2D eigenvalue weighted by molar-refractivity contribution is 0.00440. The van der Waals surface area contributed by atoms with Crippen molar-refractivity contribution in [3.63, 3.8) is 0 Å². The van der Waals surface area contributed by atoms with Crippen molar-refractivity contribution >= 4 is 27.9 Å². The fourth-order valence-electron chi connectivity index (χ4n) is 5.46. The fraction of sp³-hybridized carbons (Fsp3) is 0.294. The van der Waals surface area contributed by atoms with Crippen molar-refractivity contribution in [1.29, 1.82) is 0 Å². The van der Waals surface area contributed by atoms with Gasteiger partial charge in [-0.3, -0.25) is 4.79 Å². The van der Waals surface area contributed by atoms with Crippen molar-refractivity contribution in [3.8, 4) is 16.9 Å². The van der Waals surface area contributed by atoms with Crippen LogP contribution in [0.4, 0.5) is 4.79 Å². The van der Waals surface area contributed by atoms with Gasteiger partial charge in [0, 0.05) is 35.5 Å². The molecule has 4 aromatic rings. The quantitative estimate of drug-likeness (QED) is 0.234. The Morgan fingerprint density at radius 3 is 2.24 bits per heavy atom. The SMILES string of the molecule is Cc1cc(C(=O)N2CCN(C(=O)OC(C)(C)C)C[C@H]2Cc2ccccc2)c(-c2ccccc2)n1-c1cccc(Br)c1. The Morgan fingerprint density at radius 1 is 0.902 bits per heavy atom. The lowest BCUT2D eigenvalue weighted by Crippen LogP contribution is -2.57. The van der Waals surface area contributed by atoms with Crippen molar-refractivity contribution in [3.05, 3.63) is 112 Å². The van der Waals surface area contributed by atoms with E-state index in [9.17, 15) is 9.59 Å². The second-order valence-electron chi connectivity index (χ2n) is 11.5. The Kier molecular flexibility index (Phi) is 8.36. The van der Waals surface area contributed by atoms with Crippen LogP contribution in [0.5, 0.6) is 0 Å². The molecule has 1 aromatic heterocycles. The molecular weight excluding hydrogens is 578 g/mol. The van der Waals surface area contributed by atoms with E-state index in [0.29, 0.717) is 31.6 Å². The van der Waals surface area contributed by atoms with E-state index in [1.807, 2.05) is 99.3 Å². The van der Waals surface area contributed by atoms with Gasteiger partial charge in [0.2, 0.25) is 0 Å². The number of carbonyl (C=O) groups is 2. The maximum absolute atomic E-state index is 14.5. The van der Waals surface area contributed by atoms with Crippen LogP contribution in [0.3, 0.4) is 0 Å². The van der Waals surface area contributed by atoms with Crippen LogP contribution in [0.25, 0.3) is 16.9 Å². The zero-order valence-electron chi connectivity index (χ0n) is 24.0. The van der Waals surface area contributed by atoms with Crippen molar-refractivity contribution in [2.75, 3.05) is 19.6 Å². The van der Waals surface area contributed by atoms with Crippen LogP contribution >= 0.6 is 15.9 Å². The Hall–Kier alpha value is -3.84. The van der Waals surface area contributed by atoms with E-state index in [-0.39, 0.29) is 18.0 Å². The molecule has 0 radical (unpaired) electrons. The predicted molar refractivity (Wildman–Crippen MR) is 166 cm³/mol. The highest BCUT2D eigenvalue weighted by molar-refractivity contribution is 9.10. The number of carbonyl (C=O) groups excluding carboxylic acids is 2. The zero-order valence-corrected chi connectivity index (χ0v) is 25.6. The first-order valence-corrected chi connectivity index (χ1v) is 14.8. The van der Waals surface area contributed by atoms with Crippen LogP contribution in [-0.4, -0.2) is 57.6 Å². The summed E-state index contributed by atoms with van der Waals surface area (Å²) in [6.07, 6.45) is 0.294. The molecule has 2 amide bonds.